The summed E-state index contributed by atoms with van der Waals surface area (Å²) in [5.74, 6) is 9.86. The molecule has 0 radical (unpaired) electrons. The smallest absolute Gasteiger partial charge is 0.0412 e. The van der Waals surface area contributed by atoms with E-state index in [1.165, 1.54) is 0 Å². The van der Waals surface area contributed by atoms with E-state index in [2.05, 4.69) is 35.8 Å². The number of terminal acetylenes is 2. The van der Waals surface area contributed by atoms with E-state index in [9.17, 15) is 0 Å². The minimum atomic E-state index is 0.561. The predicted molar refractivity (Wildman–Crippen MR) is 55.3 cm³/mol. The molecule has 0 aliphatic rings. The lowest BCUT2D eigenvalue weighted by Gasteiger charge is -2.05. The Labute approximate surface area is 84.4 Å². The van der Waals surface area contributed by atoms with Gasteiger partial charge in [0.2, 0.25) is 0 Å². The zero-order chi connectivity index (χ0) is 9.94. The van der Waals surface area contributed by atoms with E-state index in [-0.39, 0.29) is 0 Å². The van der Waals surface area contributed by atoms with Crippen LogP contribution in [0, 0.1) is 48.6 Å². The molecule has 0 saturated carbocycles. The summed E-state index contributed by atoms with van der Waals surface area (Å²) in [6, 6.07) is 5.32. The van der Waals surface area contributed by atoms with Crippen molar-refractivity contribution in [2.75, 3.05) is 12.4 Å². The Balaban J connectivity index is 4.23. The number of hydrogen-bond donors (Lipinski definition) is 0. The highest BCUT2D eigenvalue weighted by atomic mass is 35.5. The first kappa shape index (κ1) is 11.3. The molecule has 0 bridgehead atoms. The first-order valence-electron chi connectivity index (χ1n) is 3.61. The molecule has 0 unspecified atom stereocenters. The van der Waals surface area contributed by atoms with Gasteiger partial charge in [-0.1, -0.05) is 0 Å². The zero-order valence-corrected chi connectivity index (χ0v) is 7.86. The molecule has 1 nitrogen and oxygen atoms in total. The number of halogens is 1. The molecular weight excluding hydrogens is 182 g/mol. The predicted octanol–water partition coefficient (Wildman–Crippen LogP) is 1.11. The summed E-state index contributed by atoms with van der Waals surface area (Å²) in [6.45, 7) is 0.646. The van der Waals surface area contributed by atoms with Crippen molar-refractivity contribution in [3.05, 3.63) is 0 Å². The molecule has 13 heavy (non-hydrogen) atoms. The fourth-order valence-electron chi connectivity index (χ4n) is 0.557. The van der Waals surface area contributed by atoms with Gasteiger partial charge in [-0.3, -0.25) is 4.90 Å². The summed E-state index contributed by atoms with van der Waals surface area (Å²) < 4.78 is 0. The van der Waals surface area contributed by atoms with Crippen LogP contribution in [0.15, 0.2) is 0 Å². The van der Waals surface area contributed by atoms with Crippen molar-refractivity contribution in [1.29, 1.82) is 0 Å². The summed E-state index contributed by atoms with van der Waals surface area (Å²) in [5, 5.41) is 0. The lowest BCUT2D eigenvalue weighted by atomic mass is 10.4. The number of nitrogens with zero attached hydrogens (tertiary/aromatic N) is 1. The average molecular weight is 190 g/mol. The fraction of sp³-hybridized carbons (Fsp3) is 0.273. The van der Waals surface area contributed by atoms with Gasteiger partial charge in [-0.25, -0.2) is 0 Å². The van der Waals surface area contributed by atoms with E-state index in [0.717, 1.165) is 6.42 Å². The fourth-order valence-corrected chi connectivity index (χ4v) is 0.677. The number of rotatable bonds is 3. The molecular formula is C11H8ClN. The van der Waals surface area contributed by atoms with Gasteiger partial charge in [0, 0.05) is 36.4 Å². The van der Waals surface area contributed by atoms with Gasteiger partial charge < -0.3 is 0 Å². The maximum absolute atomic E-state index is 5.51. The molecule has 0 aromatic rings. The van der Waals surface area contributed by atoms with Gasteiger partial charge >= 0.3 is 0 Å². The van der Waals surface area contributed by atoms with E-state index in [1.54, 1.807) is 4.90 Å². The van der Waals surface area contributed by atoms with Crippen LogP contribution in [0.1, 0.15) is 6.42 Å². The third-order valence-corrected chi connectivity index (χ3v) is 1.31. The van der Waals surface area contributed by atoms with Gasteiger partial charge in [0.1, 0.15) is 0 Å². The third kappa shape index (κ3) is 6.72. The highest BCUT2D eigenvalue weighted by Crippen LogP contribution is 1.89. The molecule has 0 amide bonds. The van der Waals surface area contributed by atoms with Crippen molar-refractivity contribution >= 4 is 11.6 Å². The quantitative estimate of drug-likeness (QED) is 0.365. The topological polar surface area (TPSA) is 3.24 Å². The van der Waals surface area contributed by atoms with Gasteiger partial charge in [-0.2, -0.15) is 0 Å². The second-order valence-corrected chi connectivity index (χ2v) is 2.33. The Morgan fingerprint density at radius 3 is 2.00 bits per heavy atom. The van der Waals surface area contributed by atoms with Crippen molar-refractivity contribution in [3.63, 3.8) is 0 Å². The third-order valence-electron chi connectivity index (χ3n) is 1.04. The Morgan fingerprint density at radius 1 is 1.08 bits per heavy atom. The molecule has 0 fully saturated rings. The Kier molecular flexibility index (Phi) is 7.34. The van der Waals surface area contributed by atoms with E-state index >= 15 is 0 Å². The summed E-state index contributed by atoms with van der Waals surface area (Å²) in [5.41, 5.74) is 0. The molecule has 0 saturated heterocycles. The second kappa shape index (κ2) is 8.43. The standard InChI is InChI=1S/C11H8ClN/c1-3-5-9-13(10-6-4-2)11-7-8-12/h1-2H,7-8,11H2. The first-order chi connectivity index (χ1) is 6.35. The minimum absolute atomic E-state index is 0.561. The van der Waals surface area contributed by atoms with E-state index in [0.29, 0.717) is 12.4 Å². The van der Waals surface area contributed by atoms with Crippen LogP contribution in [-0.2, 0) is 0 Å². The summed E-state index contributed by atoms with van der Waals surface area (Å²) in [6.07, 6.45) is 10.7. The van der Waals surface area contributed by atoms with Crippen LogP contribution >= 0.6 is 11.6 Å². The normalized spacial score (nSPS) is 6.38. The molecule has 0 heterocycles. The number of hydrogen-bond acceptors (Lipinski definition) is 1. The lowest BCUT2D eigenvalue weighted by molar-refractivity contribution is 0.556. The molecule has 0 aromatic carbocycles. The van der Waals surface area contributed by atoms with Crippen LogP contribution in [0.4, 0.5) is 0 Å². The SMILES string of the molecule is C#CC#CN(C#CC#C)CCCCl. The van der Waals surface area contributed by atoms with Crippen LogP contribution < -0.4 is 0 Å². The molecule has 64 valence electrons. The van der Waals surface area contributed by atoms with Gasteiger partial charge in [0.15, 0.2) is 0 Å². The first-order valence-corrected chi connectivity index (χ1v) is 4.14. The molecule has 0 atom stereocenters. The Bertz CT molecular complexity index is 303. The van der Waals surface area contributed by atoms with Crippen LogP contribution in [-0.4, -0.2) is 17.3 Å². The van der Waals surface area contributed by atoms with E-state index in [4.69, 9.17) is 24.4 Å². The molecule has 0 aliphatic carbocycles. The monoisotopic (exact) mass is 189 g/mol. The molecule has 0 aromatic heterocycles. The highest BCUT2D eigenvalue weighted by molar-refractivity contribution is 6.17. The second-order valence-electron chi connectivity index (χ2n) is 1.96. The van der Waals surface area contributed by atoms with Crippen molar-refractivity contribution < 1.29 is 0 Å². The molecule has 0 N–H and O–H groups in total. The molecule has 0 rings (SSSR count). The summed E-state index contributed by atoms with van der Waals surface area (Å²) >= 11 is 5.51. The van der Waals surface area contributed by atoms with Gasteiger partial charge in [-0.15, -0.1) is 24.4 Å². The summed E-state index contributed by atoms with van der Waals surface area (Å²) in [7, 11) is 0. The van der Waals surface area contributed by atoms with Gasteiger partial charge in [0.25, 0.3) is 0 Å². The molecule has 0 aliphatic heterocycles. The van der Waals surface area contributed by atoms with Crippen molar-refractivity contribution in [2.45, 2.75) is 6.42 Å². The molecule has 2 heteroatoms. The van der Waals surface area contributed by atoms with Crippen LogP contribution in [0.5, 0.6) is 0 Å². The average Bonchev–Trinajstić information content (AvgIpc) is 2.17. The maximum Gasteiger partial charge on any atom is 0.0412 e. The van der Waals surface area contributed by atoms with Crippen LogP contribution in [0.3, 0.4) is 0 Å². The van der Waals surface area contributed by atoms with Crippen LogP contribution in [0.25, 0.3) is 0 Å². The molecule has 0 spiro atoms. The van der Waals surface area contributed by atoms with Gasteiger partial charge in [0.05, 0.1) is 0 Å². The van der Waals surface area contributed by atoms with Crippen LogP contribution in [0.2, 0.25) is 0 Å². The Hall–Kier alpha value is -1.67. The highest BCUT2D eigenvalue weighted by Gasteiger charge is 1.92. The van der Waals surface area contributed by atoms with Crippen molar-refractivity contribution in [2.24, 2.45) is 0 Å². The number of alkyl halides is 1. The summed E-state index contributed by atoms with van der Waals surface area (Å²) in [4.78, 5) is 1.54. The van der Waals surface area contributed by atoms with Gasteiger partial charge in [-0.05, 0) is 18.3 Å². The van der Waals surface area contributed by atoms with E-state index < -0.39 is 0 Å². The lowest BCUT2D eigenvalue weighted by Crippen LogP contribution is -2.12. The van der Waals surface area contributed by atoms with Crippen molar-refractivity contribution in [3.8, 4) is 48.6 Å². The maximum atomic E-state index is 5.51. The largest absolute Gasteiger partial charge is 0.259 e. The Morgan fingerprint density at radius 2 is 1.62 bits per heavy atom. The minimum Gasteiger partial charge on any atom is -0.259 e. The van der Waals surface area contributed by atoms with E-state index in [1.807, 2.05) is 0 Å². The van der Waals surface area contributed by atoms with Crippen molar-refractivity contribution in [1.82, 2.24) is 4.90 Å². The zero-order valence-electron chi connectivity index (χ0n) is 7.10.